The van der Waals surface area contributed by atoms with Crippen molar-refractivity contribution in [2.24, 2.45) is 0 Å². The Labute approximate surface area is 131 Å². The molecule has 0 spiro atoms. The summed E-state index contributed by atoms with van der Waals surface area (Å²) in [6.07, 6.45) is 6.47. The molecule has 0 aliphatic heterocycles. The van der Waals surface area contributed by atoms with Crippen LogP contribution < -0.4 is 5.32 Å². The Bertz CT molecular complexity index is 695. The Morgan fingerprint density at radius 3 is 2.86 bits per heavy atom. The molecule has 0 saturated heterocycles. The Hall–Kier alpha value is -2.28. The van der Waals surface area contributed by atoms with Crippen molar-refractivity contribution in [3.63, 3.8) is 0 Å². The van der Waals surface area contributed by atoms with Crippen LogP contribution in [0.1, 0.15) is 52.1 Å². The maximum Gasteiger partial charge on any atom is 0.341 e. The molecule has 22 heavy (non-hydrogen) atoms. The number of hydrogen-bond acceptors (Lipinski definition) is 6. The van der Waals surface area contributed by atoms with E-state index in [1.165, 1.54) is 29.9 Å². The van der Waals surface area contributed by atoms with Gasteiger partial charge in [-0.05, 0) is 36.6 Å². The number of rotatable bonds is 5. The molecule has 1 aliphatic rings. The molecule has 0 radical (unpaired) electrons. The molecular formula is C15H15N3O3S. The number of carbonyl (C=O) groups excluding carboxylic acids is 2. The van der Waals surface area contributed by atoms with Gasteiger partial charge in [-0.1, -0.05) is 0 Å². The lowest BCUT2D eigenvalue weighted by atomic mass is 10.1. The van der Waals surface area contributed by atoms with Crippen LogP contribution in [0.15, 0.2) is 24.0 Å². The van der Waals surface area contributed by atoms with Crippen LogP contribution >= 0.6 is 11.3 Å². The van der Waals surface area contributed by atoms with E-state index in [9.17, 15) is 9.59 Å². The van der Waals surface area contributed by atoms with E-state index in [1.807, 2.05) is 5.38 Å². The monoisotopic (exact) mass is 317 g/mol. The van der Waals surface area contributed by atoms with Crippen molar-refractivity contribution in [3.05, 3.63) is 40.8 Å². The highest BCUT2D eigenvalue weighted by Crippen LogP contribution is 2.46. The van der Waals surface area contributed by atoms with Gasteiger partial charge in [-0.3, -0.25) is 9.78 Å². The van der Waals surface area contributed by atoms with E-state index >= 15 is 0 Å². The number of hydrogen-bond donors (Lipinski definition) is 1. The van der Waals surface area contributed by atoms with Crippen molar-refractivity contribution in [1.82, 2.24) is 9.97 Å². The third kappa shape index (κ3) is 2.99. The van der Waals surface area contributed by atoms with E-state index in [0.29, 0.717) is 23.1 Å². The molecule has 3 rings (SSSR count). The largest absolute Gasteiger partial charge is 0.462 e. The fourth-order valence-electron chi connectivity index (χ4n) is 2.16. The molecule has 2 heterocycles. The van der Waals surface area contributed by atoms with Gasteiger partial charge < -0.3 is 10.1 Å². The molecule has 1 aliphatic carbocycles. The lowest BCUT2D eigenvalue weighted by Gasteiger charge is -2.07. The van der Waals surface area contributed by atoms with Gasteiger partial charge in [-0.2, -0.15) is 0 Å². The number of thiophene rings is 1. The number of nitrogens with one attached hydrogen (secondary N) is 1. The topological polar surface area (TPSA) is 81.2 Å². The van der Waals surface area contributed by atoms with Crippen LogP contribution in [0, 0.1) is 0 Å². The summed E-state index contributed by atoms with van der Waals surface area (Å²) in [7, 11) is 0. The Morgan fingerprint density at radius 2 is 2.23 bits per heavy atom. The molecule has 0 atom stereocenters. The second kappa shape index (κ2) is 6.23. The molecule has 2 aromatic rings. The highest BCUT2D eigenvalue weighted by molar-refractivity contribution is 7.15. The van der Waals surface area contributed by atoms with E-state index in [-0.39, 0.29) is 17.6 Å². The highest BCUT2D eigenvalue weighted by atomic mass is 32.1. The molecule has 1 N–H and O–H groups in total. The van der Waals surface area contributed by atoms with Gasteiger partial charge >= 0.3 is 5.97 Å². The second-order valence-electron chi connectivity index (χ2n) is 4.93. The molecule has 6 nitrogen and oxygen atoms in total. The Morgan fingerprint density at radius 1 is 1.41 bits per heavy atom. The van der Waals surface area contributed by atoms with Crippen molar-refractivity contribution >= 4 is 28.2 Å². The van der Waals surface area contributed by atoms with Gasteiger partial charge in [-0.15, -0.1) is 11.3 Å². The summed E-state index contributed by atoms with van der Waals surface area (Å²) in [6, 6.07) is 0. The minimum Gasteiger partial charge on any atom is -0.462 e. The van der Waals surface area contributed by atoms with Crippen LogP contribution in [-0.2, 0) is 4.74 Å². The van der Waals surface area contributed by atoms with E-state index < -0.39 is 0 Å². The third-order valence-corrected chi connectivity index (χ3v) is 4.25. The summed E-state index contributed by atoms with van der Waals surface area (Å²) in [5.41, 5.74) is 1.66. The summed E-state index contributed by atoms with van der Waals surface area (Å²) in [6.45, 7) is 2.06. The summed E-state index contributed by atoms with van der Waals surface area (Å²) in [5, 5.41) is 5.18. The molecule has 1 amide bonds. The van der Waals surface area contributed by atoms with Crippen LogP contribution in [0.3, 0.4) is 0 Å². The minimum atomic E-state index is -0.389. The van der Waals surface area contributed by atoms with Crippen molar-refractivity contribution in [1.29, 1.82) is 0 Å². The number of anilines is 1. The average Bonchev–Trinajstić information content (AvgIpc) is 3.29. The van der Waals surface area contributed by atoms with Crippen LogP contribution in [0.2, 0.25) is 0 Å². The number of ether oxygens (including phenoxy) is 1. The fraction of sp³-hybridized carbons (Fsp3) is 0.333. The molecule has 0 aromatic carbocycles. The average molecular weight is 317 g/mol. The lowest BCUT2D eigenvalue weighted by molar-refractivity contribution is 0.0527. The van der Waals surface area contributed by atoms with Gasteiger partial charge in [-0.25, -0.2) is 9.78 Å². The Balaban J connectivity index is 1.87. The highest BCUT2D eigenvalue weighted by Gasteiger charge is 2.32. The predicted octanol–water partition coefficient (Wildman–Crippen LogP) is 2.84. The first-order chi connectivity index (χ1) is 10.7. The molecule has 0 unspecified atom stereocenters. The van der Waals surface area contributed by atoms with Gasteiger partial charge in [0.2, 0.25) is 0 Å². The van der Waals surface area contributed by atoms with E-state index in [2.05, 4.69) is 15.3 Å². The first-order valence-corrected chi connectivity index (χ1v) is 7.94. The molecule has 2 aromatic heterocycles. The van der Waals surface area contributed by atoms with Crippen molar-refractivity contribution in [2.75, 3.05) is 11.9 Å². The molecular weight excluding hydrogens is 302 g/mol. The first-order valence-electron chi connectivity index (χ1n) is 7.06. The summed E-state index contributed by atoms with van der Waals surface area (Å²) in [4.78, 5) is 32.2. The molecule has 114 valence electrons. The Kier molecular flexibility index (Phi) is 4.15. The van der Waals surface area contributed by atoms with Gasteiger partial charge in [0.25, 0.3) is 5.91 Å². The second-order valence-corrected chi connectivity index (χ2v) is 5.81. The number of aromatic nitrogens is 2. The number of amides is 1. The maximum absolute atomic E-state index is 12.2. The van der Waals surface area contributed by atoms with E-state index in [4.69, 9.17) is 4.74 Å². The molecule has 1 saturated carbocycles. The smallest absolute Gasteiger partial charge is 0.341 e. The SMILES string of the molecule is CCOC(=O)c1c(C2CC2)csc1NC(=O)c1cnccn1. The van der Waals surface area contributed by atoms with Crippen LogP contribution in [0.5, 0.6) is 0 Å². The van der Waals surface area contributed by atoms with Crippen LogP contribution in [0.4, 0.5) is 5.00 Å². The molecule has 0 bridgehead atoms. The number of carbonyl (C=O) groups is 2. The van der Waals surface area contributed by atoms with Crippen molar-refractivity contribution in [2.45, 2.75) is 25.7 Å². The van der Waals surface area contributed by atoms with E-state index in [1.54, 1.807) is 6.92 Å². The molecule has 1 fully saturated rings. The molecule has 7 heteroatoms. The third-order valence-electron chi connectivity index (χ3n) is 3.34. The quantitative estimate of drug-likeness (QED) is 0.858. The zero-order chi connectivity index (χ0) is 15.5. The van der Waals surface area contributed by atoms with Crippen LogP contribution in [-0.4, -0.2) is 28.5 Å². The maximum atomic E-state index is 12.2. The lowest BCUT2D eigenvalue weighted by Crippen LogP contribution is -2.16. The predicted molar refractivity (Wildman–Crippen MR) is 82.2 cm³/mol. The minimum absolute atomic E-state index is 0.207. The summed E-state index contributed by atoms with van der Waals surface area (Å²) >= 11 is 1.34. The van der Waals surface area contributed by atoms with E-state index in [0.717, 1.165) is 18.4 Å². The van der Waals surface area contributed by atoms with Crippen LogP contribution in [0.25, 0.3) is 0 Å². The fourth-order valence-corrected chi connectivity index (χ4v) is 3.18. The zero-order valence-electron chi connectivity index (χ0n) is 12.0. The van der Waals surface area contributed by atoms with Gasteiger partial charge in [0, 0.05) is 12.4 Å². The van der Waals surface area contributed by atoms with Gasteiger partial charge in [0.1, 0.15) is 10.7 Å². The first kappa shape index (κ1) is 14.6. The number of esters is 1. The normalized spacial score (nSPS) is 13.7. The standard InChI is InChI=1S/C15H15N3O3S/c1-2-21-15(20)12-10(9-3-4-9)8-22-14(12)18-13(19)11-7-16-5-6-17-11/h5-9H,2-4H2,1H3,(H,18,19). The van der Waals surface area contributed by atoms with Gasteiger partial charge in [0.05, 0.1) is 18.4 Å². The van der Waals surface area contributed by atoms with Crippen molar-refractivity contribution in [3.8, 4) is 0 Å². The summed E-state index contributed by atoms with van der Waals surface area (Å²) < 4.78 is 5.12. The number of nitrogens with zero attached hydrogens (tertiary/aromatic N) is 2. The van der Waals surface area contributed by atoms with Crippen molar-refractivity contribution < 1.29 is 14.3 Å². The summed E-state index contributed by atoms with van der Waals surface area (Å²) in [5.74, 6) is -0.374. The van der Waals surface area contributed by atoms with Gasteiger partial charge in [0.15, 0.2) is 0 Å². The zero-order valence-corrected chi connectivity index (χ0v) is 12.9.